The van der Waals surface area contributed by atoms with E-state index in [4.69, 9.17) is 9.84 Å². The molecule has 4 nitrogen and oxygen atoms in total. The Morgan fingerprint density at radius 1 is 0.759 bits per heavy atom. The van der Waals surface area contributed by atoms with Gasteiger partial charge in [0.05, 0.1) is 13.2 Å². The van der Waals surface area contributed by atoms with Gasteiger partial charge in [0.15, 0.2) is 0 Å². The average Bonchev–Trinajstić information content (AvgIpc) is 2.73. The summed E-state index contributed by atoms with van der Waals surface area (Å²) in [6.45, 7) is 6.96. The van der Waals surface area contributed by atoms with Crippen LogP contribution in [0.2, 0.25) is 0 Å². The number of hydrogen-bond donors (Lipinski definition) is 2. The summed E-state index contributed by atoms with van der Waals surface area (Å²) in [6.07, 6.45) is 20.4. The first-order valence-electron chi connectivity index (χ1n) is 12.7. The maximum Gasteiger partial charge on any atom is 0.305 e. The minimum atomic E-state index is -0.00934. The van der Waals surface area contributed by atoms with Crippen molar-refractivity contribution in [3.63, 3.8) is 0 Å². The molecule has 0 amide bonds. The molecule has 4 heteroatoms. The van der Waals surface area contributed by atoms with Gasteiger partial charge in [-0.3, -0.25) is 4.79 Å². The number of aliphatic hydroxyl groups excluding tert-OH is 1. The van der Waals surface area contributed by atoms with E-state index >= 15 is 0 Å². The van der Waals surface area contributed by atoms with Crippen molar-refractivity contribution in [2.45, 2.75) is 123 Å². The van der Waals surface area contributed by atoms with Gasteiger partial charge in [0, 0.05) is 13.0 Å². The summed E-state index contributed by atoms with van der Waals surface area (Å²) in [6, 6.07) is 0. The number of esters is 1. The van der Waals surface area contributed by atoms with Gasteiger partial charge in [0.2, 0.25) is 0 Å². The van der Waals surface area contributed by atoms with E-state index < -0.39 is 0 Å². The Morgan fingerprint density at radius 3 is 1.97 bits per heavy atom. The third kappa shape index (κ3) is 21.9. The number of carbonyl (C=O) groups is 1. The third-order valence-electron chi connectivity index (χ3n) is 5.68. The second-order valence-corrected chi connectivity index (χ2v) is 8.59. The number of nitrogens with one attached hydrogen (secondary N) is 1. The summed E-state index contributed by atoms with van der Waals surface area (Å²) in [5, 5.41) is 11.9. The molecule has 0 fully saturated rings. The lowest BCUT2D eigenvalue weighted by Gasteiger charge is -2.17. The average molecular weight is 414 g/mol. The predicted octanol–water partition coefficient (Wildman–Crippen LogP) is 6.40. The van der Waals surface area contributed by atoms with Gasteiger partial charge >= 0.3 is 5.97 Å². The quantitative estimate of drug-likeness (QED) is 0.150. The Bertz CT molecular complexity index is 336. The van der Waals surface area contributed by atoms with Crippen LogP contribution in [0.3, 0.4) is 0 Å². The van der Waals surface area contributed by atoms with Gasteiger partial charge in [-0.15, -0.1) is 0 Å². The first-order valence-corrected chi connectivity index (χ1v) is 12.7. The van der Waals surface area contributed by atoms with Crippen molar-refractivity contribution in [1.82, 2.24) is 5.32 Å². The highest BCUT2D eigenvalue weighted by Gasteiger charge is 2.12. The number of hydrogen-bond acceptors (Lipinski definition) is 4. The molecule has 0 aliphatic heterocycles. The molecule has 0 bridgehead atoms. The van der Waals surface area contributed by atoms with Gasteiger partial charge in [0.1, 0.15) is 0 Å². The fourth-order valence-electron chi connectivity index (χ4n) is 3.74. The zero-order valence-electron chi connectivity index (χ0n) is 19.7. The van der Waals surface area contributed by atoms with Crippen LogP contribution < -0.4 is 5.32 Å². The molecule has 0 saturated heterocycles. The van der Waals surface area contributed by atoms with Gasteiger partial charge in [-0.05, 0) is 38.1 Å². The lowest BCUT2D eigenvalue weighted by Crippen LogP contribution is -2.19. The van der Waals surface area contributed by atoms with E-state index in [1.54, 1.807) is 0 Å². The van der Waals surface area contributed by atoms with Crippen LogP contribution >= 0.6 is 0 Å². The van der Waals surface area contributed by atoms with Crippen LogP contribution in [0.15, 0.2) is 0 Å². The molecule has 0 rings (SSSR count). The third-order valence-corrected chi connectivity index (χ3v) is 5.68. The maximum atomic E-state index is 12.1. The molecule has 2 N–H and O–H groups in total. The van der Waals surface area contributed by atoms with Crippen molar-refractivity contribution < 1.29 is 14.6 Å². The Hall–Kier alpha value is -0.610. The van der Waals surface area contributed by atoms with Crippen LogP contribution in [0.5, 0.6) is 0 Å². The van der Waals surface area contributed by atoms with Crippen molar-refractivity contribution in [3.8, 4) is 0 Å². The normalized spacial score (nSPS) is 12.2. The van der Waals surface area contributed by atoms with Crippen LogP contribution in [0.4, 0.5) is 0 Å². The number of aliphatic hydroxyl groups is 1. The van der Waals surface area contributed by atoms with Crippen LogP contribution in [-0.4, -0.2) is 37.4 Å². The molecular weight excluding hydrogens is 362 g/mol. The molecule has 1 atom stereocenters. The fourth-order valence-corrected chi connectivity index (χ4v) is 3.74. The van der Waals surface area contributed by atoms with Gasteiger partial charge in [-0.25, -0.2) is 0 Å². The zero-order chi connectivity index (χ0) is 21.4. The molecule has 0 radical (unpaired) electrons. The smallest absolute Gasteiger partial charge is 0.305 e. The highest BCUT2D eigenvalue weighted by atomic mass is 16.5. The Labute approximate surface area is 181 Å². The highest BCUT2D eigenvalue weighted by Crippen LogP contribution is 2.19. The molecule has 0 aromatic carbocycles. The molecule has 0 aliphatic carbocycles. The van der Waals surface area contributed by atoms with E-state index in [-0.39, 0.29) is 12.6 Å². The van der Waals surface area contributed by atoms with E-state index in [2.05, 4.69) is 19.2 Å². The van der Waals surface area contributed by atoms with Gasteiger partial charge < -0.3 is 15.2 Å². The van der Waals surface area contributed by atoms with E-state index in [0.717, 1.165) is 32.2 Å². The first kappa shape index (κ1) is 28.4. The van der Waals surface area contributed by atoms with Crippen LogP contribution in [0.25, 0.3) is 0 Å². The Balaban J connectivity index is 3.85. The van der Waals surface area contributed by atoms with Crippen molar-refractivity contribution in [3.05, 3.63) is 0 Å². The Morgan fingerprint density at radius 2 is 1.31 bits per heavy atom. The van der Waals surface area contributed by atoms with Gasteiger partial charge in [-0.1, -0.05) is 90.9 Å². The molecule has 0 aromatic heterocycles. The number of carbonyl (C=O) groups excluding carboxylic acids is 1. The standard InChI is InChI=1S/C25H51NO3/c1-3-5-7-9-10-14-18-24(17-13-8-6-4-2)23-29-25(28)19-15-11-12-16-20-26-21-22-27/h24,26-27H,3-23H2,1-2H3. The molecule has 174 valence electrons. The molecule has 0 heterocycles. The largest absolute Gasteiger partial charge is 0.465 e. The minimum Gasteiger partial charge on any atom is -0.465 e. The second kappa shape index (κ2) is 23.7. The molecule has 0 spiro atoms. The highest BCUT2D eigenvalue weighted by molar-refractivity contribution is 5.69. The fraction of sp³-hybridized carbons (Fsp3) is 0.960. The van der Waals surface area contributed by atoms with Crippen LogP contribution in [0.1, 0.15) is 123 Å². The van der Waals surface area contributed by atoms with E-state index in [1.807, 2.05) is 0 Å². The molecule has 0 aromatic rings. The number of unbranched alkanes of at least 4 members (excludes halogenated alkanes) is 11. The summed E-state index contributed by atoms with van der Waals surface area (Å²) in [5.41, 5.74) is 0. The van der Waals surface area contributed by atoms with Gasteiger partial charge in [-0.2, -0.15) is 0 Å². The lowest BCUT2D eigenvalue weighted by molar-refractivity contribution is -0.145. The van der Waals surface area contributed by atoms with Crippen molar-refractivity contribution in [2.75, 3.05) is 26.3 Å². The van der Waals surface area contributed by atoms with Crippen LogP contribution in [0, 0.1) is 5.92 Å². The van der Waals surface area contributed by atoms with Crippen LogP contribution in [-0.2, 0) is 9.53 Å². The molecular formula is C25H51NO3. The van der Waals surface area contributed by atoms with E-state index in [1.165, 1.54) is 77.0 Å². The van der Waals surface area contributed by atoms with Crippen molar-refractivity contribution in [1.29, 1.82) is 0 Å². The first-order chi connectivity index (χ1) is 14.2. The zero-order valence-corrected chi connectivity index (χ0v) is 19.7. The Kier molecular flexibility index (Phi) is 23.2. The monoisotopic (exact) mass is 413 g/mol. The predicted molar refractivity (Wildman–Crippen MR) is 124 cm³/mol. The number of ether oxygens (including phenoxy) is 1. The minimum absolute atomic E-state index is 0.00934. The summed E-state index contributed by atoms with van der Waals surface area (Å²) in [7, 11) is 0. The summed E-state index contributed by atoms with van der Waals surface area (Å²) in [5.74, 6) is 0.546. The molecule has 1 unspecified atom stereocenters. The second-order valence-electron chi connectivity index (χ2n) is 8.59. The SMILES string of the molecule is CCCCCCCCC(CCCCCC)COC(=O)CCCCCCNCCO. The van der Waals surface area contributed by atoms with Crippen molar-refractivity contribution >= 4 is 5.97 Å². The maximum absolute atomic E-state index is 12.1. The van der Waals surface area contributed by atoms with Gasteiger partial charge in [0.25, 0.3) is 0 Å². The lowest BCUT2D eigenvalue weighted by atomic mass is 9.95. The molecule has 0 aliphatic rings. The summed E-state index contributed by atoms with van der Waals surface area (Å²) < 4.78 is 5.64. The topological polar surface area (TPSA) is 58.6 Å². The summed E-state index contributed by atoms with van der Waals surface area (Å²) in [4.78, 5) is 12.1. The molecule has 0 saturated carbocycles. The van der Waals surface area contributed by atoms with Crippen molar-refractivity contribution in [2.24, 2.45) is 5.92 Å². The molecule has 29 heavy (non-hydrogen) atoms. The van der Waals surface area contributed by atoms with E-state index in [0.29, 0.717) is 25.5 Å². The summed E-state index contributed by atoms with van der Waals surface area (Å²) >= 11 is 0. The van der Waals surface area contributed by atoms with E-state index in [9.17, 15) is 4.79 Å². The number of rotatable bonds is 23.